The predicted molar refractivity (Wildman–Crippen MR) is 71.1 cm³/mol. The average Bonchev–Trinajstić information content (AvgIpc) is 2.35. The van der Waals surface area contributed by atoms with Crippen LogP contribution in [0.15, 0.2) is 18.3 Å². The normalized spacial score (nSPS) is 18.4. The second-order valence-corrected chi connectivity index (χ2v) is 5.78. The van der Waals surface area contributed by atoms with Crippen molar-refractivity contribution < 1.29 is 19.4 Å². The molecule has 1 aromatic rings. The van der Waals surface area contributed by atoms with E-state index in [-0.39, 0.29) is 13.0 Å². The van der Waals surface area contributed by atoms with E-state index in [1.54, 1.807) is 33.0 Å². The number of pyridine rings is 1. The molecular weight excluding hydrogens is 260 g/mol. The zero-order valence-corrected chi connectivity index (χ0v) is 11.8. The maximum Gasteiger partial charge on any atom is 0.411 e. The van der Waals surface area contributed by atoms with E-state index in [0.29, 0.717) is 0 Å². The summed E-state index contributed by atoms with van der Waals surface area (Å²) in [5.74, 6) is -1.05. The monoisotopic (exact) mass is 278 g/mol. The molecule has 6 nitrogen and oxygen atoms in total. The van der Waals surface area contributed by atoms with Gasteiger partial charge in [-0.15, -0.1) is 0 Å². The van der Waals surface area contributed by atoms with Crippen molar-refractivity contribution in [2.24, 2.45) is 0 Å². The molecule has 0 saturated carbocycles. The number of hydrogen-bond acceptors (Lipinski definition) is 4. The van der Waals surface area contributed by atoms with Gasteiger partial charge in [0.2, 0.25) is 0 Å². The Kier molecular flexibility index (Phi) is 3.65. The van der Waals surface area contributed by atoms with Crippen LogP contribution in [0, 0.1) is 0 Å². The highest BCUT2D eigenvalue weighted by Crippen LogP contribution is 2.24. The molecule has 0 fully saturated rings. The Balaban J connectivity index is 2.27. The molecule has 20 heavy (non-hydrogen) atoms. The van der Waals surface area contributed by atoms with Gasteiger partial charge in [-0.3, -0.25) is 9.88 Å². The molecule has 1 aliphatic rings. The fourth-order valence-electron chi connectivity index (χ4n) is 2.12. The third-order valence-electron chi connectivity index (χ3n) is 3.00. The molecule has 0 saturated heterocycles. The number of carboxylic acid groups (broad SMARTS) is 1. The number of nitrogens with zero attached hydrogens (tertiary/aromatic N) is 2. The zero-order valence-electron chi connectivity index (χ0n) is 11.8. The number of ether oxygens (including phenoxy) is 1. The fourth-order valence-corrected chi connectivity index (χ4v) is 2.12. The number of aliphatic carboxylic acids is 1. The van der Waals surface area contributed by atoms with E-state index in [1.165, 1.54) is 4.90 Å². The number of carboxylic acids is 1. The largest absolute Gasteiger partial charge is 0.480 e. The Morgan fingerprint density at radius 1 is 1.45 bits per heavy atom. The van der Waals surface area contributed by atoms with Gasteiger partial charge >= 0.3 is 12.1 Å². The van der Waals surface area contributed by atoms with E-state index in [1.807, 2.05) is 6.07 Å². The van der Waals surface area contributed by atoms with Crippen LogP contribution in [-0.2, 0) is 22.5 Å². The minimum absolute atomic E-state index is 0.199. The summed E-state index contributed by atoms with van der Waals surface area (Å²) in [6, 6.07) is 2.68. The van der Waals surface area contributed by atoms with Crippen LogP contribution in [0.3, 0.4) is 0 Å². The average molecular weight is 278 g/mol. The van der Waals surface area contributed by atoms with Gasteiger partial charge in [0.1, 0.15) is 11.6 Å². The van der Waals surface area contributed by atoms with E-state index >= 15 is 0 Å². The molecule has 1 atom stereocenters. The number of hydrogen-bond donors (Lipinski definition) is 1. The fraction of sp³-hybridized carbons (Fsp3) is 0.500. The highest BCUT2D eigenvalue weighted by Gasteiger charge is 2.37. The Morgan fingerprint density at radius 2 is 2.15 bits per heavy atom. The van der Waals surface area contributed by atoms with Crippen LogP contribution >= 0.6 is 0 Å². The molecule has 0 aromatic carbocycles. The SMILES string of the molecule is CC(C)(C)OC(=O)N1Cc2cccnc2CC1C(=O)O. The Morgan fingerprint density at radius 3 is 2.75 bits per heavy atom. The van der Waals surface area contributed by atoms with Gasteiger partial charge in [0.05, 0.1) is 6.54 Å². The van der Waals surface area contributed by atoms with Crippen LogP contribution in [0.4, 0.5) is 4.79 Å². The minimum atomic E-state index is -1.05. The molecule has 0 radical (unpaired) electrons. The number of carbonyl (C=O) groups excluding carboxylic acids is 1. The van der Waals surface area contributed by atoms with Crippen LogP contribution in [0.5, 0.6) is 0 Å². The Hall–Kier alpha value is -2.11. The maximum absolute atomic E-state index is 12.2. The van der Waals surface area contributed by atoms with Gasteiger partial charge in [0.15, 0.2) is 0 Å². The van der Waals surface area contributed by atoms with Gasteiger partial charge in [0, 0.05) is 18.3 Å². The third-order valence-corrected chi connectivity index (χ3v) is 3.00. The van der Waals surface area contributed by atoms with Crippen molar-refractivity contribution in [2.75, 3.05) is 0 Å². The molecule has 0 aliphatic carbocycles. The Bertz CT molecular complexity index is 536. The summed E-state index contributed by atoms with van der Waals surface area (Å²) in [5.41, 5.74) is 0.922. The van der Waals surface area contributed by atoms with Gasteiger partial charge in [-0.05, 0) is 32.4 Å². The molecule has 108 valence electrons. The van der Waals surface area contributed by atoms with E-state index < -0.39 is 23.7 Å². The van der Waals surface area contributed by atoms with Crippen molar-refractivity contribution in [1.82, 2.24) is 9.88 Å². The molecular formula is C14H18N2O4. The first-order valence-electron chi connectivity index (χ1n) is 6.43. The van der Waals surface area contributed by atoms with Crippen molar-refractivity contribution in [3.05, 3.63) is 29.6 Å². The van der Waals surface area contributed by atoms with Crippen LogP contribution < -0.4 is 0 Å². The summed E-state index contributed by atoms with van der Waals surface area (Å²) in [4.78, 5) is 29.0. The lowest BCUT2D eigenvalue weighted by Crippen LogP contribution is -2.50. The summed E-state index contributed by atoms with van der Waals surface area (Å²) >= 11 is 0. The quantitative estimate of drug-likeness (QED) is 0.847. The van der Waals surface area contributed by atoms with E-state index in [9.17, 15) is 14.7 Å². The number of rotatable bonds is 1. The lowest BCUT2D eigenvalue weighted by Gasteiger charge is -2.35. The van der Waals surface area contributed by atoms with E-state index in [2.05, 4.69) is 4.98 Å². The van der Waals surface area contributed by atoms with Crippen molar-refractivity contribution in [2.45, 2.75) is 45.4 Å². The number of carbonyl (C=O) groups is 2. The van der Waals surface area contributed by atoms with E-state index in [0.717, 1.165) is 11.3 Å². The van der Waals surface area contributed by atoms with E-state index in [4.69, 9.17) is 4.74 Å². The summed E-state index contributed by atoms with van der Waals surface area (Å²) in [6.07, 6.45) is 1.21. The lowest BCUT2D eigenvalue weighted by molar-refractivity contribution is -0.143. The van der Waals surface area contributed by atoms with Crippen LogP contribution in [0.1, 0.15) is 32.0 Å². The van der Waals surface area contributed by atoms with Gasteiger partial charge in [0.25, 0.3) is 0 Å². The first kappa shape index (κ1) is 14.3. The molecule has 1 unspecified atom stereocenters. The van der Waals surface area contributed by atoms with Crippen LogP contribution in [-0.4, -0.2) is 38.7 Å². The minimum Gasteiger partial charge on any atom is -0.480 e. The number of amides is 1. The Labute approximate surface area is 117 Å². The van der Waals surface area contributed by atoms with Gasteiger partial charge in [-0.25, -0.2) is 9.59 Å². The maximum atomic E-state index is 12.2. The van der Waals surface area contributed by atoms with Crippen molar-refractivity contribution in [3.8, 4) is 0 Å². The second-order valence-electron chi connectivity index (χ2n) is 5.78. The predicted octanol–water partition coefficient (Wildman–Crippen LogP) is 1.83. The first-order chi connectivity index (χ1) is 9.28. The summed E-state index contributed by atoms with van der Waals surface area (Å²) in [7, 11) is 0. The third kappa shape index (κ3) is 3.07. The molecule has 2 rings (SSSR count). The van der Waals surface area contributed by atoms with Crippen LogP contribution in [0.2, 0.25) is 0 Å². The lowest BCUT2D eigenvalue weighted by atomic mass is 9.99. The zero-order chi connectivity index (χ0) is 14.9. The summed E-state index contributed by atoms with van der Waals surface area (Å²) in [5, 5.41) is 9.30. The van der Waals surface area contributed by atoms with Gasteiger partial charge in [-0.2, -0.15) is 0 Å². The number of aromatic nitrogens is 1. The molecule has 6 heteroatoms. The smallest absolute Gasteiger partial charge is 0.411 e. The molecule has 2 heterocycles. The molecule has 1 aromatic heterocycles. The van der Waals surface area contributed by atoms with Crippen molar-refractivity contribution >= 4 is 12.1 Å². The second kappa shape index (κ2) is 5.11. The summed E-state index contributed by atoms with van der Waals surface area (Å²) in [6.45, 7) is 5.45. The van der Waals surface area contributed by atoms with Crippen molar-refractivity contribution in [1.29, 1.82) is 0 Å². The van der Waals surface area contributed by atoms with Crippen LogP contribution in [0.25, 0.3) is 0 Å². The molecule has 1 aliphatic heterocycles. The van der Waals surface area contributed by atoms with Crippen molar-refractivity contribution in [3.63, 3.8) is 0 Å². The standard InChI is InChI=1S/C14H18N2O4/c1-14(2,3)20-13(19)16-8-9-5-4-6-15-10(9)7-11(16)12(17)18/h4-6,11H,7-8H2,1-3H3,(H,17,18). The topological polar surface area (TPSA) is 79.7 Å². The molecule has 1 amide bonds. The molecule has 1 N–H and O–H groups in total. The highest BCUT2D eigenvalue weighted by molar-refractivity contribution is 5.81. The number of fused-ring (bicyclic) bond motifs is 1. The summed E-state index contributed by atoms with van der Waals surface area (Å²) < 4.78 is 5.28. The van der Waals surface area contributed by atoms with Gasteiger partial charge < -0.3 is 9.84 Å². The molecule has 0 spiro atoms. The van der Waals surface area contributed by atoms with Gasteiger partial charge in [-0.1, -0.05) is 6.07 Å². The first-order valence-corrected chi connectivity index (χ1v) is 6.43. The highest BCUT2D eigenvalue weighted by atomic mass is 16.6. The molecule has 0 bridgehead atoms.